The molecule has 0 unspecified atom stereocenters. The minimum atomic E-state index is -0.290. The largest absolute Gasteiger partial charge is 0.368 e. The Kier molecular flexibility index (Phi) is 2.89. The molecular formula is C18H14FN3. The molecule has 2 aromatic carbocycles. The topological polar surface area (TPSA) is 51.8 Å². The summed E-state index contributed by atoms with van der Waals surface area (Å²) in [6, 6.07) is 14.8. The molecule has 0 radical (unpaired) electrons. The lowest BCUT2D eigenvalue weighted by atomic mass is 9.87. The van der Waals surface area contributed by atoms with Crippen molar-refractivity contribution in [3.8, 4) is 22.5 Å². The summed E-state index contributed by atoms with van der Waals surface area (Å²) in [5, 5.41) is 0. The van der Waals surface area contributed by atoms with Crippen LogP contribution in [0.3, 0.4) is 0 Å². The van der Waals surface area contributed by atoms with Gasteiger partial charge in [-0.3, -0.25) is 0 Å². The predicted octanol–water partition coefficient (Wildman–Crippen LogP) is 3.63. The minimum Gasteiger partial charge on any atom is -0.368 e. The third-order valence-corrected chi connectivity index (χ3v) is 4.07. The van der Waals surface area contributed by atoms with E-state index in [1.165, 1.54) is 11.6 Å². The number of hydrogen-bond donors (Lipinski definition) is 1. The lowest BCUT2D eigenvalue weighted by molar-refractivity contribution is 0.630. The Bertz CT molecular complexity index is 874. The van der Waals surface area contributed by atoms with Crippen LogP contribution in [0.4, 0.5) is 10.3 Å². The van der Waals surface area contributed by atoms with Crippen LogP contribution in [0.1, 0.15) is 11.1 Å². The Balaban J connectivity index is 2.01. The summed E-state index contributed by atoms with van der Waals surface area (Å²) in [4.78, 5) is 8.73. The Morgan fingerprint density at radius 3 is 2.23 bits per heavy atom. The minimum absolute atomic E-state index is 0.175. The lowest BCUT2D eigenvalue weighted by Gasteiger charge is -2.21. The maximum atomic E-state index is 14.2. The van der Waals surface area contributed by atoms with Gasteiger partial charge in [0.1, 0.15) is 5.82 Å². The van der Waals surface area contributed by atoms with E-state index >= 15 is 0 Å². The van der Waals surface area contributed by atoms with Gasteiger partial charge in [-0.25, -0.2) is 14.4 Å². The molecule has 1 heterocycles. The van der Waals surface area contributed by atoms with E-state index in [1.807, 2.05) is 18.2 Å². The number of benzene rings is 2. The standard InChI is InChI=1S/C18H14FN3/c19-15-8-4-3-7-13(15)17-14-10-9-11-5-1-2-6-12(11)16(14)21-18(20)22-17/h1-8H,9-10H2,(H2,20,21,22). The number of nitrogens with zero attached hydrogens (tertiary/aromatic N) is 2. The van der Waals surface area contributed by atoms with Gasteiger partial charge in [-0.2, -0.15) is 0 Å². The van der Waals surface area contributed by atoms with Gasteiger partial charge in [-0.05, 0) is 30.5 Å². The molecule has 0 saturated heterocycles. The van der Waals surface area contributed by atoms with Gasteiger partial charge in [0.2, 0.25) is 5.95 Å². The molecule has 4 rings (SSSR count). The smallest absolute Gasteiger partial charge is 0.221 e. The fourth-order valence-electron chi connectivity index (χ4n) is 3.07. The van der Waals surface area contributed by atoms with Crippen molar-refractivity contribution in [1.82, 2.24) is 9.97 Å². The van der Waals surface area contributed by atoms with Gasteiger partial charge in [-0.15, -0.1) is 0 Å². The zero-order valence-corrected chi connectivity index (χ0v) is 11.9. The number of halogens is 1. The molecule has 4 heteroatoms. The molecule has 0 saturated carbocycles. The van der Waals surface area contributed by atoms with Crippen molar-refractivity contribution in [3.05, 3.63) is 65.5 Å². The van der Waals surface area contributed by atoms with Crippen LogP contribution in [0.2, 0.25) is 0 Å². The number of rotatable bonds is 1. The van der Waals surface area contributed by atoms with Crippen LogP contribution >= 0.6 is 0 Å². The monoisotopic (exact) mass is 291 g/mol. The zero-order chi connectivity index (χ0) is 15.1. The first-order chi connectivity index (χ1) is 10.7. The highest BCUT2D eigenvalue weighted by Gasteiger charge is 2.23. The van der Waals surface area contributed by atoms with Crippen molar-refractivity contribution >= 4 is 5.95 Å². The van der Waals surface area contributed by atoms with E-state index in [4.69, 9.17) is 5.73 Å². The molecule has 3 nitrogen and oxygen atoms in total. The fourth-order valence-corrected chi connectivity index (χ4v) is 3.07. The normalized spacial score (nSPS) is 12.6. The van der Waals surface area contributed by atoms with Crippen LogP contribution in [0, 0.1) is 5.82 Å². The zero-order valence-electron chi connectivity index (χ0n) is 11.9. The van der Waals surface area contributed by atoms with Gasteiger partial charge in [-0.1, -0.05) is 36.4 Å². The van der Waals surface area contributed by atoms with Crippen molar-refractivity contribution in [2.24, 2.45) is 0 Å². The summed E-state index contributed by atoms with van der Waals surface area (Å²) < 4.78 is 14.2. The van der Waals surface area contributed by atoms with Gasteiger partial charge >= 0.3 is 0 Å². The van der Waals surface area contributed by atoms with Gasteiger partial charge in [0.05, 0.1) is 11.4 Å². The highest BCUT2D eigenvalue weighted by atomic mass is 19.1. The molecule has 22 heavy (non-hydrogen) atoms. The molecule has 0 fully saturated rings. The van der Waals surface area contributed by atoms with E-state index in [1.54, 1.807) is 18.2 Å². The van der Waals surface area contributed by atoms with Crippen LogP contribution in [0.25, 0.3) is 22.5 Å². The quantitative estimate of drug-likeness (QED) is 0.745. The molecule has 3 aromatic rings. The average Bonchev–Trinajstić information content (AvgIpc) is 2.54. The number of aromatic nitrogens is 2. The molecule has 2 N–H and O–H groups in total. The summed E-state index contributed by atoms with van der Waals surface area (Å²) in [5.74, 6) is -0.115. The van der Waals surface area contributed by atoms with E-state index in [2.05, 4.69) is 16.0 Å². The molecule has 1 aliphatic rings. The second-order valence-corrected chi connectivity index (χ2v) is 5.39. The third-order valence-electron chi connectivity index (χ3n) is 4.07. The first kappa shape index (κ1) is 13.0. The van der Waals surface area contributed by atoms with Crippen LogP contribution < -0.4 is 5.73 Å². The highest BCUT2D eigenvalue weighted by molar-refractivity contribution is 5.78. The Morgan fingerprint density at radius 1 is 0.818 bits per heavy atom. The lowest BCUT2D eigenvalue weighted by Crippen LogP contribution is -2.11. The summed E-state index contributed by atoms with van der Waals surface area (Å²) >= 11 is 0. The number of anilines is 1. The van der Waals surface area contributed by atoms with E-state index in [9.17, 15) is 4.39 Å². The number of hydrogen-bond acceptors (Lipinski definition) is 3. The van der Waals surface area contributed by atoms with Crippen molar-refractivity contribution in [3.63, 3.8) is 0 Å². The first-order valence-corrected chi connectivity index (χ1v) is 7.23. The number of nitrogen functional groups attached to an aromatic ring is 1. The summed E-state index contributed by atoms with van der Waals surface area (Å²) in [5.41, 5.74) is 11.1. The molecule has 0 spiro atoms. The maximum Gasteiger partial charge on any atom is 0.221 e. The van der Waals surface area contributed by atoms with Crippen LogP contribution in [-0.4, -0.2) is 9.97 Å². The van der Waals surface area contributed by atoms with E-state index in [0.29, 0.717) is 11.3 Å². The number of nitrogens with two attached hydrogens (primary N) is 1. The van der Waals surface area contributed by atoms with Crippen LogP contribution in [0.5, 0.6) is 0 Å². The molecule has 0 bridgehead atoms. The van der Waals surface area contributed by atoms with Crippen molar-refractivity contribution in [1.29, 1.82) is 0 Å². The second-order valence-electron chi connectivity index (χ2n) is 5.39. The SMILES string of the molecule is Nc1nc(-c2ccccc2F)c2c(n1)-c1ccccc1CC2. The average molecular weight is 291 g/mol. The summed E-state index contributed by atoms with van der Waals surface area (Å²) in [6.07, 6.45) is 1.69. The fraction of sp³-hybridized carbons (Fsp3) is 0.111. The van der Waals surface area contributed by atoms with E-state index in [-0.39, 0.29) is 11.8 Å². The number of fused-ring (bicyclic) bond motifs is 3. The maximum absolute atomic E-state index is 14.2. The van der Waals surface area contributed by atoms with Gasteiger partial charge in [0.15, 0.2) is 0 Å². The van der Waals surface area contributed by atoms with Crippen molar-refractivity contribution in [2.75, 3.05) is 5.73 Å². The van der Waals surface area contributed by atoms with Gasteiger partial charge < -0.3 is 5.73 Å². The van der Waals surface area contributed by atoms with Crippen LogP contribution in [-0.2, 0) is 12.8 Å². The van der Waals surface area contributed by atoms with Crippen molar-refractivity contribution < 1.29 is 4.39 Å². The Morgan fingerprint density at radius 2 is 1.45 bits per heavy atom. The van der Waals surface area contributed by atoms with Gasteiger partial charge in [0.25, 0.3) is 0 Å². The molecule has 1 aromatic heterocycles. The molecule has 0 amide bonds. The molecule has 0 atom stereocenters. The molecule has 108 valence electrons. The summed E-state index contributed by atoms with van der Waals surface area (Å²) in [6.45, 7) is 0. The molecular weight excluding hydrogens is 277 g/mol. The molecule has 0 aliphatic heterocycles. The first-order valence-electron chi connectivity index (χ1n) is 7.23. The van der Waals surface area contributed by atoms with E-state index in [0.717, 1.165) is 29.7 Å². The van der Waals surface area contributed by atoms with E-state index < -0.39 is 0 Å². The predicted molar refractivity (Wildman–Crippen MR) is 84.7 cm³/mol. The van der Waals surface area contributed by atoms with Crippen LogP contribution in [0.15, 0.2) is 48.5 Å². The summed E-state index contributed by atoms with van der Waals surface area (Å²) in [7, 11) is 0. The molecule has 1 aliphatic carbocycles. The third kappa shape index (κ3) is 1.96. The van der Waals surface area contributed by atoms with Crippen molar-refractivity contribution in [2.45, 2.75) is 12.8 Å². The Hall–Kier alpha value is -2.75. The van der Waals surface area contributed by atoms with Gasteiger partial charge in [0, 0.05) is 16.7 Å². The Labute approximate surface area is 127 Å². The number of aryl methyl sites for hydroxylation is 1. The second kappa shape index (κ2) is 4.91. The highest BCUT2D eigenvalue weighted by Crippen LogP contribution is 2.37.